The van der Waals surface area contributed by atoms with Crippen molar-refractivity contribution < 1.29 is 4.79 Å². The number of amides is 1. The van der Waals surface area contributed by atoms with Crippen molar-refractivity contribution in [2.75, 3.05) is 11.4 Å². The molecule has 1 atom stereocenters. The van der Waals surface area contributed by atoms with E-state index >= 15 is 0 Å². The van der Waals surface area contributed by atoms with Gasteiger partial charge in [0.15, 0.2) is 0 Å². The van der Waals surface area contributed by atoms with Gasteiger partial charge in [0.25, 0.3) is 0 Å². The highest BCUT2D eigenvalue weighted by atomic mass is 16.2. The average molecular weight is 257 g/mol. The van der Waals surface area contributed by atoms with Crippen molar-refractivity contribution in [3.63, 3.8) is 0 Å². The summed E-state index contributed by atoms with van der Waals surface area (Å²) in [5.41, 5.74) is 4.41. The monoisotopic (exact) mass is 257 g/mol. The lowest BCUT2D eigenvalue weighted by molar-refractivity contribution is -0.117. The van der Waals surface area contributed by atoms with Crippen molar-refractivity contribution >= 4 is 11.6 Å². The summed E-state index contributed by atoms with van der Waals surface area (Å²) in [7, 11) is 0. The molecule has 0 saturated carbocycles. The minimum atomic E-state index is 0.283. The number of carbonyl (C=O) groups is 1. The lowest BCUT2D eigenvalue weighted by Crippen LogP contribution is -2.23. The van der Waals surface area contributed by atoms with E-state index in [1.165, 1.54) is 17.5 Å². The Labute approximate surface area is 115 Å². The molecule has 1 aliphatic heterocycles. The van der Waals surface area contributed by atoms with Gasteiger partial charge in [0.1, 0.15) is 0 Å². The number of nitrogens with zero attached hydrogens (tertiary/aromatic N) is 1. The molecule has 1 amide bonds. The SMILES string of the molecule is CC(C)(C)C1Cc2ccc(N3CCCC3=O)cc2C1. The van der Waals surface area contributed by atoms with Gasteiger partial charge in [0, 0.05) is 18.7 Å². The van der Waals surface area contributed by atoms with Crippen molar-refractivity contribution in [1.29, 1.82) is 0 Å². The summed E-state index contributed by atoms with van der Waals surface area (Å²) in [4.78, 5) is 13.8. The summed E-state index contributed by atoms with van der Waals surface area (Å²) in [6.45, 7) is 7.87. The third-order valence-corrected chi connectivity index (χ3v) is 4.73. The topological polar surface area (TPSA) is 20.3 Å². The fourth-order valence-electron chi connectivity index (χ4n) is 3.31. The molecule has 0 spiro atoms. The maximum Gasteiger partial charge on any atom is 0.227 e. The first-order chi connectivity index (χ1) is 8.95. The Kier molecular flexibility index (Phi) is 2.92. The molecule has 19 heavy (non-hydrogen) atoms. The van der Waals surface area contributed by atoms with E-state index in [0.29, 0.717) is 11.8 Å². The smallest absolute Gasteiger partial charge is 0.227 e. The molecular formula is C17H23NO. The maximum absolute atomic E-state index is 11.8. The largest absolute Gasteiger partial charge is 0.312 e. The maximum atomic E-state index is 11.8. The summed E-state index contributed by atoms with van der Waals surface area (Å²) in [6, 6.07) is 6.62. The van der Waals surface area contributed by atoms with E-state index < -0.39 is 0 Å². The molecule has 2 aliphatic rings. The van der Waals surface area contributed by atoms with Crippen LogP contribution >= 0.6 is 0 Å². The normalized spacial score (nSPS) is 23.0. The third kappa shape index (κ3) is 2.29. The van der Waals surface area contributed by atoms with Gasteiger partial charge < -0.3 is 4.90 Å². The first-order valence-electron chi connectivity index (χ1n) is 7.37. The molecule has 1 saturated heterocycles. The summed E-state index contributed by atoms with van der Waals surface area (Å²) in [5, 5.41) is 0. The average Bonchev–Trinajstić information content (AvgIpc) is 2.92. The summed E-state index contributed by atoms with van der Waals surface area (Å²) >= 11 is 0. The van der Waals surface area contributed by atoms with E-state index in [2.05, 4.69) is 39.0 Å². The molecule has 0 radical (unpaired) electrons. The van der Waals surface area contributed by atoms with E-state index in [9.17, 15) is 4.79 Å². The molecule has 2 heteroatoms. The number of rotatable bonds is 1. The van der Waals surface area contributed by atoms with Crippen LogP contribution in [0.15, 0.2) is 18.2 Å². The van der Waals surface area contributed by atoms with Gasteiger partial charge in [-0.05, 0) is 53.9 Å². The standard InChI is InChI=1S/C17H23NO/c1-17(2,3)14-9-12-6-7-15(11-13(12)10-14)18-8-4-5-16(18)19/h6-7,11,14H,4-5,8-10H2,1-3H3. The highest BCUT2D eigenvalue weighted by Crippen LogP contribution is 2.39. The number of anilines is 1. The lowest BCUT2D eigenvalue weighted by Gasteiger charge is -2.26. The second-order valence-corrected chi connectivity index (χ2v) is 7.07. The molecule has 0 N–H and O–H groups in total. The van der Waals surface area contributed by atoms with Crippen LogP contribution in [-0.4, -0.2) is 12.5 Å². The number of hydrogen-bond donors (Lipinski definition) is 0. The van der Waals surface area contributed by atoms with Gasteiger partial charge in [-0.25, -0.2) is 0 Å². The molecule has 1 aliphatic carbocycles. The molecule has 102 valence electrons. The van der Waals surface area contributed by atoms with Gasteiger partial charge in [-0.1, -0.05) is 26.8 Å². The quantitative estimate of drug-likeness (QED) is 0.753. The fraction of sp³-hybridized carbons (Fsp3) is 0.588. The minimum absolute atomic E-state index is 0.283. The van der Waals surface area contributed by atoms with Crippen LogP contribution in [0.1, 0.15) is 44.7 Å². The Balaban J connectivity index is 1.85. The van der Waals surface area contributed by atoms with E-state index in [1.807, 2.05) is 4.90 Å². The highest BCUT2D eigenvalue weighted by molar-refractivity contribution is 5.95. The molecule has 0 bridgehead atoms. The summed E-state index contributed by atoms with van der Waals surface area (Å²) in [6.07, 6.45) is 4.06. The van der Waals surface area contributed by atoms with Crippen molar-refractivity contribution in [2.45, 2.75) is 46.5 Å². The molecular weight excluding hydrogens is 234 g/mol. The van der Waals surface area contributed by atoms with Crippen LogP contribution in [0, 0.1) is 11.3 Å². The number of hydrogen-bond acceptors (Lipinski definition) is 1. The van der Waals surface area contributed by atoms with Crippen molar-refractivity contribution in [3.8, 4) is 0 Å². The van der Waals surface area contributed by atoms with Gasteiger partial charge in [-0.2, -0.15) is 0 Å². The Morgan fingerprint density at radius 3 is 2.53 bits per heavy atom. The van der Waals surface area contributed by atoms with Gasteiger partial charge in [0.2, 0.25) is 5.91 Å². The first-order valence-corrected chi connectivity index (χ1v) is 7.37. The van der Waals surface area contributed by atoms with E-state index in [4.69, 9.17) is 0 Å². The first kappa shape index (κ1) is 12.7. The van der Waals surface area contributed by atoms with Crippen molar-refractivity contribution in [1.82, 2.24) is 0 Å². The van der Waals surface area contributed by atoms with Gasteiger partial charge in [0.05, 0.1) is 0 Å². The third-order valence-electron chi connectivity index (χ3n) is 4.73. The van der Waals surface area contributed by atoms with Gasteiger partial charge in [-0.15, -0.1) is 0 Å². The zero-order valence-electron chi connectivity index (χ0n) is 12.2. The number of fused-ring (bicyclic) bond motifs is 1. The van der Waals surface area contributed by atoms with Crippen LogP contribution in [0.5, 0.6) is 0 Å². The minimum Gasteiger partial charge on any atom is -0.312 e. The summed E-state index contributed by atoms with van der Waals surface area (Å²) in [5.74, 6) is 1.01. The molecule has 1 fully saturated rings. The molecule has 1 aromatic rings. The Bertz CT molecular complexity index is 512. The molecule has 3 rings (SSSR count). The van der Waals surface area contributed by atoms with Crippen LogP contribution in [0.3, 0.4) is 0 Å². The number of carbonyl (C=O) groups excluding carboxylic acids is 1. The van der Waals surface area contributed by atoms with E-state index in [1.54, 1.807) is 0 Å². The Morgan fingerprint density at radius 1 is 1.16 bits per heavy atom. The second kappa shape index (κ2) is 4.36. The fourth-order valence-corrected chi connectivity index (χ4v) is 3.31. The summed E-state index contributed by atoms with van der Waals surface area (Å²) < 4.78 is 0. The van der Waals surface area contributed by atoms with Crippen LogP contribution in [0.2, 0.25) is 0 Å². The molecule has 0 aromatic heterocycles. The van der Waals surface area contributed by atoms with Crippen LogP contribution < -0.4 is 4.90 Å². The lowest BCUT2D eigenvalue weighted by atomic mass is 9.79. The van der Waals surface area contributed by atoms with Crippen molar-refractivity contribution in [3.05, 3.63) is 29.3 Å². The van der Waals surface area contributed by atoms with Gasteiger partial charge >= 0.3 is 0 Å². The second-order valence-electron chi connectivity index (χ2n) is 7.07. The van der Waals surface area contributed by atoms with Crippen LogP contribution in [-0.2, 0) is 17.6 Å². The highest BCUT2D eigenvalue weighted by Gasteiger charge is 2.31. The predicted octanol–water partition coefficient (Wildman–Crippen LogP) is 3.57. The zero-order chi connectivity index (χ0) is 13.6. The predicted molar refractivity (Wildman–Crippen MR) is 78.4 cm³/mol. The van der Waals surface area contributed by atoms with Crippen LogP contribution in [0.25, 0.3) is 0 Å². The van der Waals surface area contributed by atoms with E-state index in [-0.39, 0.29) is 5.91 Å². The van der Waals surface area contributed by atoms with Crippen molar-refractivity contribution in [2.24, 2.45) is 11.3 Å². The van der Waals surface area contributed by atoms with Crippen LogP contribution in [0.4, 0.5) is 5.69 Å². The molecule has 1 heterocycles. The van der Waals surface area contributed by atoms with E-state index in [0.717, 1.165) is 31.0 Å². The Morgan fingerprint density at radius 2 is 1.89 bits per heavy atom. The molecule has 2 nitrogen and oxygen atoms in total. The number of benzene rings is 1. The van der Waals surface area contributed by atoms with Gasteiger partial charge in [-0.3, -0.25) is 4.79 Å². The molecule has 1 aromatic carbocycles. The zero-order valence-corrected chi connectivity index (χ0v) is 12.2. The Hall–Kier alpha value is -1.31. The molecule has 1 unspecified atom stereocenters.